The van der Waals surface area contributed by atoms with E-state index in [1.165, 1.54) is 22.9 Å². The highest BCUT2D eigenvalue weighted by Crippen LogP contribution is 2.49. The molecule has 0 unspecified atom stereocenters. The van der Waals surface area contributed by atoms with Gasteiger partial charge in [0.1, 0.15) is 5.78 Å². The topological polar surface area (TPSA) is 34.1 Å². The van der Waals surface area contributed by atoms with Crippen LogP contribution in [0.25, 0.3) is 0 Å². The van der Waals surface area contributed by atoms with E-state index in [1.807, 2.05) is 6.92 Å². The number of ketones is 1. The van der Waals surface area contributed by atoms with Crippen molar-refractivity contribution in [2.24, 2.45) is 5.92 Å². The number of carbonyl (C=O) groups is 2. The van der Waals surface area contributed by atoms with Gasteiger partial charge < -0.3 is 0 Å². The average molecular weight is 338 g/mol. The third-order valence-electron chi connectivity index (χ3n) is 4.98. The molecule has 1 fully saturated rings. The van der Waals surface area contributed by atoms with Gasteiger partial charge in [0, 0.05) is 12.3 Å². The van der Waals surface area contributed by atoms with Crippen molar-refractivity contribution in [2.45, 2.75) is 32.1 Å². The van der Waals surface area contributed by atoms with Crippen LogP contribution in [0.5, 0.6) is 0 Å². The first-order valence-corrected chi connectivity index (χ1v) is 9.47. The van der Waals surface area contributed by atoms with E-state index >= 15 is 0 Å². The van der Waals surface area contributed by atoms with Gasteiger partial charge in [0.15, 0.2) is 5.12 Å². The zero-order valence-corrected chi connectivity index (χ0v) is 15.1. The minimum absolute atomic E-state index is 0.0137. The van der Waals surface area contributed by atoms with Gasteiger partial charge in [-0.2, -0.15) is 0 Å². The molecule has 1 aliphatic rings. The van der Waals surface area contributed by atoms with E-state index < -0.39 is 5.92 Å². The van der Waals surface area contributed by atoms with Gasteiger partial charge in [-0.1, -0.05) is 71.4 Å². The summed E-state index contributed by atoms with van der Waals surface area (Å²) in [7, 11) is 0. The maximum Gasteiger partial charge on any atom is 0.199 e. The van der Waals surface area contributed by atoms with E-state index in [0.717, 1.165) is 11.1 Å². The largest absolute Gasteiger partial charge is 0.299 e. The number of Topliss-reactive ketones (excluding diaryl/α,β-unsaturated/α-hetero) is 1. The van der Waals surface area contributed by atoms with Gasteiger partial charge in [0.05, 0.1) is 5.92 Å². The summed E-state index contributed by atoms with van der Waals surface area (Å²) in [5, 5.41) is -0.0137. The Morgan fingerprint density at radius 1 is 0.917 bits per heavy atom. The predicted octanol–water partition coefficient (Wildman–Crippen LogP) is 4.65. The Morgan fingerprint density at radius 3 is 1.92 bits per heavy atom. The van der Waals surface area contributed by atoms with Gasteiger partial charge in [-0.25, -0.2) is 0 Å². The molecule has 0 bridgehead atoms. The summed E-state index contributed by atoms with van der Waals surface area (Å²) < 4.78 is 0. The van der Waals surface area contributed by atoms with Crippen molar-refractivity contribution in [2.75, 3.05) is 6.26 Å². The molecular weight excluding hydrogens is 316 g/mol. The van der Waals surface area contributed by atoms with Crippen LogP contribution in [0.1, 0.15) is 40.5 Å². The fourth-order valence-corrected chi connectivity index (χ4v) is 4.19. The molecule has 0 N–H and O–H groups in total. The van der Waals surface area contributed by atoms with Crippen LogP contribution >= 0.6 is 11.8 Å². The van der Waals surface area contributed by atoms with Crippen LogP contribution in [0.4, 0.5) is 0 Å². The number of rotatable bonds is 3. The summed E-state index contributed by atoms with van der Waals surface area (Å²) in [4.78, 5) is 25.1. The van der Waals surface area contributed by atoms with Gasteiger partial charge in [-0.15, -0.1) is 0 Å². The van der Waals surface area contributed by atoms with Crippen LogP contribution in [0.15, 0.2) is 48.5 Å². The van der Waals surface area contributed by atoms with Crippen LogP contribution in [-0.2, 0) is 9.59 Å². The maximum atomic E-state index is 12.6. The van der Waals surface area contributed by atoms with Gasteiger partial charge >= 0.3 is 0 Å². The number of thioether (sulfide) groups is 1. The van der Waals surface area contributed by atoms with Crippen molar-refractivity contribution in [3.8, 4) is 0 Å². The summed E-state index contributed by atoms with van der Waals surface area (Å²) in [5.74, 6) is -0.456. The highest BCUT2D eigenvalue weighted by Gasteiger charge is 2.47. The Balaban J connectivity index is 2.06. The lowest BCUT2D eigenvalue weighted by atomic mass is 9.80. The molecule has 0 amide bonds. The lowest BCUT2D eigenvalue weighted by molar-refractivity contribution is -0.126. The Hall–Kier alpha value is -1.87. The molecule has 3 heteroatoms. The van der Waals surface area contributed by atoms with Crippen LogP contribution < -0.4 is 0 Å². The highest BCUT2D eigenvalue weighted by atomic mass is 32.2. The summed E-state index contributed by atoms with van der Waals surface area (Å²) in [5.41, 5.74) is 4.62. The van der Waals surface area contributed by atoms with Crippen molar-refractivity contribution in [3.05, 3.63) is 70.8 Å². The smallest absolute Gasteiger partial charge is 0.199 e. The zero-order chi connectivity index (χ0) is 17.3. The monoisotopic (exact) mass is 338 g/mol. The summed E-state index contributed by atoms with van der Waals surface area (Å²) in [6.07, 6.45) is 2.21. The average Bonchev–Trinajstić information content (AvgIpc) is 2.93. The van der Waals surface area contributed by atoms with Crippen molar-refractivity contribution < 1.29 is 9.59 Å². The minimum atomic E-state index is -0.533. The van der Waals surface area contributed by atoms with Crippen LogP contribution in [0, 0.1) is 19.8 Å². The first-order valence-electron chi connectivity index (χ1n) is 8.25. The molecule has 24 heavy (non-hydrogen) atoms. The van der Waals surface area contributed by atoms with E-state index in [1.54, 1.807) is 6.26 Å². The number of hydrogen-bond donors (Lipinski definition) is 0. The van der Waals surface area contributed by atoms with Gasteiger partial charge in [-0.3, -0.25) is 9.59 Å². The molecule has 2 aromatic rings. The zero-order valence-electron chi connectivity index (χ0n) is 14.3. The van der Waals surface area contributed by atoms with Crippen molar-refractivity contribution in [3.63, 3.8) is 0 Å². The Bertz CT molecular complexity index is 746. The number of aryl methyl sites for hydroxylation is 2. The molecule has 3 rings (SSSR count). The van der Waals surface area contributed by atoms with Gasteiger partial charge in [0.2, 0.25) is 0 Å². The van der Waals surface area contributed by atoms with Crippen LogP contribution in [-0.4, -0.2) is 17.2 Å². The van der Waals surface area contributed by atoms with Crippen molar-refractivity contribution in [1.82, 2.24) is 0 Å². The number of benzene rings is 2. The first kappa shape index (κ1) is 17.0. The molecule has 0 spiro atoms. The SMILES string of the molecule is CSC(=O)[C@@H]1C(=O)C[C@H](c2ccc(C)cc2)[C@H]1c1ccc(C)cc1. The Labute approximate surface area is 147 Å². The third-order valence-corrected chi connectivity index (χ3v) is 5.64. The Morgan fingerprint density at radius 2 is 1.42 bits per heavy atom. The molecular formula is C21H22O2S. The molecule has 1 aliphatic carbocycles. The van der Waals surface area contributed by atoms with Crippen molar-refractivity contribution in [1.29, 1.82) is 0 Å². The molecule has 0 aliphatic heterocycles. The first-order chi connectivity index (χ1) is 11.5. The summed E-state index contributed by atoms with van der Waals surface area (Å²) in [6.45, 7) is 4.10. The Kier molecular flexibility index (Phi) is 4.91. The molecule has 1 saturated carbocycles. The predicted molar refractivity (Wildman–Crippen MR) is 99.5 cm³/mol. The molecule has 0 aromatic heterocycles. The van der Waals surface area contributed by atoms with E-state index in [9.17, 15) is 9.59 Å². The van der Waals surface area contributed by atoms with Gasteiger partial charge in [0.25, 0.3) is 0 Å². The molecule has 124 valence electrons. The fraction of sp³-hybridized carbons (Fsp3) is 0.333. The molecule has 0 radical (unpaired) electrons. The lowest BCUT2D eigenvalue weighted by Gasteiger charge is -2.24. The van der Waals surface area contributed by atoms with Crippen LogP contribution in [0.3, 0.4) is 0 Å². The standard InChI is InChI=1S/C21H22O2S/c1-13-4-8-15(9-5-13)17-12-18(22)20(21(23)24-3)19(17)16-10-6-14(2)7-11-16/h4-11,17,19-20H,12H2,1-3H3/t17-,19-,20-/m1/s1. The van der Waals surface area contributed by atoms with Gasteiger partial charge in [-0.05, 0) is 37.1 Å². The maximum absolute atomic E-state index is 12.6. The second-order valence-electron chi connectivity index (χ2n) is 6.62. The quantitative estimate of drug-likeness (QED) is 0.764. The normalized spacial score (nSPS) is 23.5. The highest BCUT2D eigenvalue weighted by molar-refractivity contribution is 8.13. The second-order valence-corrected chi connectivity index (χ2v) is 7.44. The third kappa shape index (κ3) is 3.18. The van der Waals surface area contributed by atoms with Crippen molar-refractivity contribution >= 4 is 22.7 Å². The van der Waals surface area contributed by atoms with E-state index in [-0.39, 0.29) is 22.7 Å². The molecule has 2 nitrogen and oxygen atoms in total. The molecule has 3 atom stereocenters. The van der Waals surface area contributed by atoms with E-state index in [0.29, 0.717) is 6.42 Å². The summed E-state index contributed by atoms with van der Waals surface area (Å²) >= 11 is 1.17. The molecule has 0 saturated heterocycles. The second kappa shape index (κ2) is 6.94. The van der Waals surface area contributed by atoms with Crippen LogP contribution in [0.2, 0.25) is 0 Å². The lowest BCUT2D eigenvalue weighted by Crippen LogP contribution is -2.22. The number of hydrogen-bond acceptors (Lipinski definition) is 3. The van der Waals surface area contributed by atoms with E-state index in [2.05, 4.69) is 55.5 Å². The molecule has 2 aromatic carbocycles. The number of carbonyl (C=O) groups excluding carboxylic acids is 2. The molecule has 0 heterocycles. The van der Waals surface area contributed by atoms with E-state index in [4.69, 9.17) is 0 Å². The summed E-state index contributed by atoms with van der Waals surface area (Å²) in [6, 6.07) is 16.6. The fourth-order valence-electron chi connectivity index (χ4n) is 3.66. The minimum Gasteiger partial charge on any atom is -0.299 e.